The molecule has 0 fully saturated rings. The van der Waals surface area contributed by atoms with Crippen LogP contribution >= 0.6 is 11.3 Å². The van der Waals surface area contributed by atoms with E-state index in [1.807, 2.05) is 55.6 Å². The molecule has 0 unspecified atom stereocenters. The number of amidine groups is 1. The van der Waals surface area contributed by atoms with Crippen molar-refractivity contribution in [3.8, 4) is 11.5 Å². The van der Waals surface area contributed by atoms with Gasteiger partial charge < -0.3 is 20.9 Å². The average molecular weight is 438 g/mol. The Hall–Kier alpha value is -3.32. The zero-order valence-corrected chi connectivity index (χ0v) is 18.7. The summed E-state index contributed by atoms with van der Waals surface area (Å²) in [5, 5.41) is 15.2. The number of rotatable bonds is 8. The number of anilines is 1. The number of aryl methyl sites for hydroxylation is 1. The highest BCUT2D eigenvalue weighted by molar-refractivity contribution is 7.12. The van der Waals surface area contributed by atoms with Crippen molar-refractivity contribution in [1.82, 2.24) is 0 Å². The third-order valence-electron chi connectivity index (χ3n) is 4.84. The molecule has 0 aliphatic heterocycles. The number of nitrogens with two attached hydrogens (primary N) is 1. The molecule has 7 heteroatoms. The highest BCUT2D eigenvalue weighted by Gasteiger charge is 2.15. The molecule has 0 saturated heterocycles. The number of benzene rings is 2. The molecule has 1 amide bonds. The van der Waals surface area contributed by atoms with E-state index in [-0.39, 0.29) is 24.0 Å². The first-order valence-corrected chi connectivity index (χ1v) is 10.9. The minimum absolute atomic E-state index is 0.0784. The van der Waals surface area contributed by atoms with Gasteiger partial charge in [0.2, 0.25) is 5.91 Å². The fourth-order valence-corrected chi connectivity index (χ4v) is 3.74. The van der Waals surface area contributed by atoms with Gasteiger partial charge in [-0.3, -0.25) is 4.79 Å². The summed E-state index contributed by atoms with van der Waals surface area (Å²) in [4.78, 5) is 17.8. The zero-order chi connectivity index (χ0) is 22.4. The fraction of sp³-hybridized carbons (Fsp3) is 0.250. The molecule has 0 bridgehead atoms. The van der Waals surface area contributed by atoms with Gasteiger partial charge in [-0.15, -0.1) is 11.3 Å². The number of methoxy groups -OCH3 is 1. The third-order valence-corrected chi connectivity index (χ3v) is 5.74. The van der Waals surface area contributed by atoms with Crippen LogP contribution in [0.15, 0.2) is 58.9 Å². The number of ether oxygens (including phenoxy) is 1. The number of hydrogen-bond donors (Lipinski definition) is 3. The number of carbonyl (C=O) groups excluding carboxylic acids is 1. The Morgan fingerprint density at radius 2 is 1.97 bits per heavy atom. The number of hydrogen-bond acceptors (Lipinski definition) is 5. The summed E-state index contributed by atoms with van der Waals surface area (Å²) in [6, 6.07) is 14.9. The quantitative estimate of drug-likeness (QED) is 0.256. The Labute approximate surface area is 186 Å². The van der Waals surface area contributed by atoms with Crippen LogP contribution in [0, 0.1) is 0 Å². The van der Waals surface area contributed by atoms with Crippen LogP contribution in [0.3, 0.4) is 0 Å². The lowest BCUT2D eigenvalue weighted by Gasteiger charge is -2.15. The van der Waals surface area contributed by atoms with E-state index in [0.29, 0.717) is 23.7 Å². The van der Waals surface area contributed by atoms with Gasteiger partial charge in [0.25, 0.3) is 0 Å². The number of amides is 1. The summed E-state index contributed by atoms with van der Waals surface area (Å²) >= 11 is 1.55. The van der Waals surface area contributed by atoms with Crippen molar-refractivity contribution < 1.29 is 14.6 Å². The second-order valence-electron chi connectivity index (χ2n) is 7.46. The molecule has 31 heavy (non-hydrogen) atoms. The minimum atomic E-state index is -0.178. The standard InChI is InChI=1S/C24H27N3O3S/c1-15(2)19-13-18(30-3)14-20(23(19)29)27-22(28)11-8-16-6-9-17(10-7-16)26-24(25)21-5-4-12-31-21/h4-7,9-10,12-15,29H,8,11H2,1-3H3,(H2,25,26)(H,27,28). The first kappa shape index (κ1) is 22.4. The molecular weight excluding hydrogens is 410 g/mol. The molecule has 1 heterocycles. The van der Waals surface area contributed by atoms with E-state index in [1.165, 1.54) is 0 Å². The topological polar surface area (TPSA) is 96.9 Å². The maximum Gasteiger partial charge on any atom is 0.224 e. The van der Waals surface area contributed by atoms with E-state index in [4.69, 9.17) is 10.5 Å². The van der Waals surface area contributed by atoms with Crippen molar-refractivity contribution in [2.75, 3.05) is 12.4 Å². The van der Waals surface area contributed by atoms with Crippen LogP contribution in [-0.2, 0) is 11.2 Å². The van der Waals surface area contributed by atoms with Gasteiger partial charge in [-0.25, -0.2) is 4.99 Å². The van der Waals surface area contributed by atoms with Gasteiger partial charge in [-0.05, 0) is 47.5 Å². The van der Waals surface area contributed by atoms with E-state index in [0.717, 1.165) is 21.7 Å². The molecule has 2 aromatic carbocycles. The van der Waals surface area contributed by atoms with Gasteiger partial charge in [0.05, 0.1) is 23.4 Å². The maximum atomic E-state index is 12.5. The smallest absolute Gasteiger partial charge is 0.224 e. The fourth-order valence-electron chi connectivity index (χ4n) is 3.11. The van der Waals surface area contributed by atoms with Crippen LogP contribution < -0.4 is 15.8 Å². The molecule has 0 atom stereocenters. The Balaban J connectivity index is 1.61. The second kappa shape index (κ2) is 10.1. The van der Waals surface area contributed by atoms with Crippen LogP contribution in [-0.4, -0.2) is 24.0 Å². The average Bonchev–Trinajstić information content (AvgIpc) is 3.29. The van der Waals surface area contributed by atoms with Gasteiger partial charge in [0.15, 0.2) is 0 Å². The molecule has 162 valence electrons. The highest BCUT2D eigenvalue weighted by Crippen LogP contribution is 2.37. The lowest BCUT2D eigenvalue weighted by Crippen LogP contribution is -2.13. The molecular formula is C24H27N3O3S. The Bertz CT molecular complexity index is 1060. The molecule has 3 rings (SSSR count). The Morgan fingerprint density at radius 3 is 2.58 bits per heavy atom. The van der Waals surface area contributed by atoms with Crippen molar-refractivity contribution in [3.05, 3.63) is 69.9 Å². The van der Waals surface area contributed by atoms with Crippen LogP contribution in [0.25, 0.3) is 0 Å². The lowest BCUT2D eigenvalue weighted by atomic mass is 10.0. The number of phenolic OH excluding ortho intramolecular Hbond substituents is 1. The van der Waals surface area contributed by atoms with E-state index in [1.54, 1.807) is 30.6 Å². The van der Waals surface area contributed by atoms with E-state index < -0.39 is 0 Å². The van der Waals surface area contributed by atoms with Crippen LogP contribution in [0.2, 0.25) is 0 Å². The number of aromatic hydroxyl groups is 1. The molecule has 0 aliphatic carbocycles. The molecule has 1 aromatic heterocycles. The SMILES string of the molecule is COc1cc(NC(=O)CCc2ccc(N=C(N)c3cccs3)cc2)c(O)c(C(C)C)c1. The molecule has 0 spiro atoms. The van der Waals surface area contributed by atoms with Crippen molar-refractivity contribution in [1.29, 1.82) is 0 Å². The zero-order valence-electron chi connectivity index (χ0n) is 17.9. The normalized spacial score (nSPS) is 11.5. The molecule has 4 N–H and O–H groups in total. The second-order valence-corrected chi connectivity index (χ2v) is 8.40. The number of phenols is 1. The van der Waals surface area contributed by atoms with Crippen LogP contribution in [0.4, 0.5) is 11.4 Å². The number of nitrogens with one attached hydrogen (secondary N) is 1. The van der Waals surface area contributed by atoms with Crippen molar-refractivity contribution in [2.45, 2.75) is 32.6 Å². The molecule has 0 saturated carbocycles. The van der Waals surface area contributed by atoms with Gasteiger partial charge in [0.1, 0.15) is 17.3 Å². The van der Waals surface area contributed by atoms with E-state index in [9.17, 15) is 9.90 Å². The molecule has 6 nitrogen and oxygen atoms in total. The predicted octanol–water partition coefficient (Wildman–Crippen LogP) is 5.19. The summed E-state index contributed by atoms with van der Waals surface area (Å²) in [6.07, 6.45) is 0.853. The van der Waals surface area contributed by atoms with Crippen molar-refractivity contribution in [2.24, 2.45) is 10.7 Å². The molecule has 3 aromatic rings. The van der Waals surface area contributed by atoms with Crippen molar-refractivity contribution >= 4 is 34.5 Å². The Morgan fingerprint density at radius 1 is 1.23 bits per heavy atom. The summed E-state index contributed by atoms with van der Waals surface area (Å²) in [7, 11) is 1.56. The lowest BCUT2D eigenvalue weighted by molar-refractivity contribution is -0.116. The first-order valence-electron chi connectivity index (χ1n) is 10.0. The minimum Gasteiger partial charge on any atom is -0.505 e. The summed E-state index contributed by atoms with van der Waals surface area (Å²) in [5.41, 5.74) is 8.89. The molecule has 0 aliphatic rings. The largest absolute Gasteiger partial charge is 0.505 e. The van der Waals surface area contributed by atoms with E-state index >= 15 is 0 Å². The van der Waals surface area contributed by atoms with Gasteiger partial charge in [0, 0.05) is 18.1 Å². The number of thiophene rings is 1. The summed E-state index contributed by atoms with van der Waals surface area (Å²) in [6.45, 7) is 3.95. The highest BCUT2D eigenvalue weighted by atomic mass is 32.1. The molecule has 0 radical (unpaired) electrons. The predicted molar refractivity (Wildman–Crippen MR) is 127 cm³/mol. The van der Waals surface area contributed by atoms with Crippen LogP contribution in [0.1, 0.15) is 42.2 Å². The summed E-state index contributed by atoms with van der Waals surface area (Å²) in [5.74, 6) is 1.08. The van der Waals surface area contributed by atoms with Gasteiger partial charge in [-0.2, -0.15) is 0 Å². The number of aliphatic imine (C=N–C) groups is 1. The number of carbonyl (C=O) groups is 1. The van der Waals surface area contributed by atoms with Crippen molar-refractivity contribution in [3.63, 3.8) is 0 Å². The Kier molecular flexibility index (Phi) is 7.31. The van der Waals surface area contributed by atoms with Gasteiger partial charge in [-0.1, -0.05) is 32.0 Å². The van der Waals surface area contributed by atoms with E-state index in [2.05, 4.69) is 10.3 Å². The van der Waals surface area contributed by atoms with Gasteiger partial charge >= 0.3 is 0 Å². The summed E-state index contributed by atoms with van der Waals surface area (Å²) < 4.78 is 5.29. The monoisotopic (exact) mass is 437 g/mol. The van der Waals surface area contributed by atoms with Crippen LogP contribution in [0.5, 0.6) is 11.5 Å². The third kappa shape index (κ3) is 5.86. The first-order chi connectivity index (χ1) is 14.9. The number of nitrogens with zero attached hydrogens (tertiary/aromatic N) is 1. The maximum absolute atomic E-state index is 12.5.